The van der Waals surface area contributed by atoms with Gasteiger partial charge in [0.25, 0.3) is 0 Å². The van der Waals surface area contributed by atoms with E-state index in [0.717, 1.165) is 38.0 Å². The average molecular weight is 309 g/mol. The third kappa shape index (κ3) is 5.98. The number of carbonyl (C=O) groups is 1. The molecule has 0 spiro atoms. The lowest BCUT2D eigenvalue weighted by atomic mass is 9.95. The molecule has 2 fully saturated rings. The fraction of sp³-hybridized carbons (Fsp3) is 0.944. The number of piperazine rings is 1. The van der Waals surface area contributed by atoms with Gasteiger partial charge in [0.15, 0.2) is 0 Å². The molecule has 128 valence electrons. The molecular formula is C18H35N3O. The van der Waals surface area contributed by atoms with Crippen molar-refractivity contribution in [2.24, 2.45) is 11.8 Å². The van der Waals surface area contributed by atoms with Crippen molar-refractivity contribution in [3.05, 3.63) is 0 Å². The van der Waals surface area contributed by atoms with Crippen LogP contribution in [0.3, 0.4) is 0 Å². The molecule has 2 rings (SSSR count). The van der Waals surface area contributed by atoms with E-state index in [-0.39, 0.29) is 0 Å². The van der Waals surface area contributed by atoms with Crippen LogP contribution in [0.15, 0.2) is 0 Å². The Morgan fingerprint density at radius 2 is 1.55 bits per heavy atom. The maximum absolute atomic E-state index is 11.5. The summed E-state index contributed by atoms with van der Waals surface area (Å²) in [6.45, 7) is 16.8. The largest absolute Gasteiger partial charge is 0.303 e. The SMILES string of the molecule is CCC(=O)CN1CCN(CC2CCN(CC(C)C)CC2)CC1. The number of nitrogens with zero attached hydrogens (tertiary/aromatic N) is 3. The summed E-state index contributed by atoms with van der Waals surface area (Å²) >= 11 is 0. The molecule has 0 amide bonds. The first-order valence-corrected chi connectivity index (χ1v) is 9.25. The van der Waals surface area contributed by atoms with Gasteiger partial charge in [0, 0.05) is 45.7 Å². The monoisotopic (exact) mass is 309 g/mol. The Kier molecular flexibility index (Phi) is 7.32. The van der Waals surface area contributed by atoms with Gasteiger partial charge in [-0.1, -0.05) is 20.8 Å². The van der Waals surface area contributed by atoms with E-state index >= 15 is 0 Å². The van der Waals surface area contributed by atoms with Gasteiger partial charge in [0.1, 0.15) is 5.78 Å². The lowest BCUT2D eigenvalue weighted by Crippen LogP contribution is -2.50. The average Bonchev–Trinajstić information content (AvgIpc) is 2.50. The summed E-state index contributed by atoms with van der Waals surface area (Å²) in [5, 5.41) is 0. The van der Waals surface area contributed by atoms with Crippen LogP contribution in [0.2, 0.25) is 0 Å². The van der Waals surface area contributed by atoms with E-state index in [1.165, 1.54) is 39.0 Å². The van der Waals surface area contributed by atoms with Gasteiger partial charge in [-0.05, 0) is 37.8 Å². The first kappa shape index (κ1) is 17.9. The van der Waals surface area contributed by atoms with Crippen LogP contribution >= 0.6 is 0 Å². The molecule has 22 heavy (non-hydrogen) atoms. The molecule has 2 saturated heterocycles. The molecule has 2 heterocycles. The summed E-state index contributed by atoms with van der Waals surface area (Å²) in [5.41, 5.74) is 0. The number of ketones is 1. The molecule has 0 radical (unpaired) electrons. The van der Waals surface area contributed by atoms with Crippen molar-refractivity contribution in [3.63, 3.8) is 0 Å². The summed E-state index contributed by atoms with van der Waals surface area (Å²) < 4.78 is 0. The summed E-state index contributed by atoms with van der Waals surface area (Å²) in [7, 11) is 0. The van der Waals surface area contributed by atoms with Gasteiger partial charge in [-0.15, -0.1) is 0 Å². The minimum Gasteiger partial charge on any atom is -0.303 e. The van der Waals surface area contributed by atoms with Crippen molar-refractivity contribution in [2.45, 2.75) is 40.0 Å². The predicted octanol–water partition coefficient (Wildman–Crippen LogP) is 1.95. The zero-order valence-corrected chi connectivity index (χ0v) is 14.9. The lowest BCUT2D eigenvalue weighted by molar-refractivity contribution is -0.120. The highest BCUT2D eigenvalue weighted by molar-refractivity contribution is 5.80. The number of hydrogen-bond acceptors (Lipinski definition) is 4. The summed E-state index contributed by atoms with van der Waals surface area (Å²) in [6.07, 6.45) is 3.40. The van der Waals surface area contributed by atoms with E-state index < -0.39 is 0 Å². The van der Waals surface area contributed by atoms with Crippen molar-refractivity contribution < 1.29 is 4.79 Å². The second kappa shape index (κ2) is 8.99. The van der Waals surface area contributed by atoms with Crippen molar-refractivity contribution in [2.75, 3.05) is 58.9 Å². The molecule has 4 nitrogen and oxygen atoms in total. The van der Waals surface area contributed by atoms with E-state index in [2.05, 4.69) is 28.5 Å². The third-order valence-electron chi connectivity index (χ3n) is 5.11. The Labute approximate surface area is 136 Å². The quantitative estimate of drug-likeness (QED) is 0.718. The van der Waals surface area contributed by atoms with Crippen LogP contribution in [0.5, 0.6) is 0 Å². The Morgan fingerprint density at radius 1 is 0.955 bits per heavy atom. The van der Waals surface area contributed by atoms with Gasteiger partial charge in [-0.25, -0.2) is 0 Å². The summed E-state index contributed by atoms with van der Waals surface area (Å²) in [6, 6.07) is 0. The van der Waals surface area contributed by atoms with Gasteiger partial charge in [-0.3, -0.25) is 9.69 Å². The standard InChI is InChI=1S/C18H35N3O/c1-4-18(22)15-21-11-9-20(10-12-21)14-17-5-7-19(8-6-17)13-16(2)3/h16-17H,4-15H2,1-3H3. The van der Waals surface area contributed by atoms with Crippen molar-refractivity contribution in [1.82, 2.24) is 14.7 Å². The van der Waals surface area contributed by atoms with Gasteiger partial charge >= 0.3 is 0 Å². The molecule has 0 N–H and O–H groups in total. The minimum atomic E-state index is 0.381. The normalized spacial score (nSPS) is 23.3. The maximum atomic E-state index is 11.5. The van der Waals surface area contributed by atoms with Gasteiger partial charge in [-0.2, -0.15) is 0 Å². The Bertz CT molecular complexity index is 329. The smallest absolute Gasteiger partial charge is 0.146 e. The molecule has 0 aromatic carbocycles. The van der Waals surface area contributed by atoms with Crippen LogP contribution in [-0.2, 0) is 4.79 Å². The highest BCUT2D eigenvalue weighted by atomic mass is 16.1. The molecule has 0 aromatic heterocycles. The van der Waals surface area contributed by atoms with E-state index in [1.54, 1.807) is 0 Å². The second-order valence-corrected chi connectivity index (χ2v) is 7.61. The van der Waals surface area contributed by atoms with Crippen LogP contribution in [-0.4, -0.2) is 79.4 Å². The van der Waals surface area contributed by atoms with Crippen LogP contribution in [0, 0.1) is 11.8 Å². The maximum Gasteiger partial charge on any atom is 0.146 e. The number of Topliss-reactive ketones (excluding diaryl/α,β-unsaturated/α-hetero) is 1. The van der Waals surface area contributed by atoms with E-state index in [0.29, 0.717) is 18.7 Å². The lowest BCUT2D eigenvalue weighted by Gasteiger charge is -2.39. The molecule has 0 saturated carbocycles. The molecule has 2 aliphatic rings. The molecule has 0 bridgehead atoms. The number of likely N-dealkylation sites (tertiary alicyclic amines) is 1. The first-order valence-electron chi connectivity index (χ1n) is 9.25. The highest BCUT2D eigenvalue weighted by Crippen LogP contribution is 2.20. The molecule has 0 atom stereocenters. The van der Waals surface area contributed by atoms with Crippen LogP contribution in [0.4, 0.5) is 0 Å². The molecule has 0 aromatic rings. The summed E-state index contributed by atoms with van der Waals surface area (Å²) in [4.78, 5) is 19.1. The summed E-state index contributed by atoms with van der Waals surface area (Å²) in [5.74, 6) is 2.05. The number of carbonyl (C=O) groups excluding carboxylic acids is 1. The predicted molar refractivity (Wildman–Crippen MR) is 92.2 cm³/mol. The van der Waals surface area contributed by atoms with Gasteiger partial charge in [0.05, 0.1) is 6.54 Å². The van der Waals surface area contributed by atoms with E-state index in [9.17, 15) is 4.79 Å². The number of piperidine rings is 1. The highest BCUT2D eigenvalue weighted by Gasteiger charge is 2.24. The Balaban J connectivity index is 1.62. The fourth-order valence-electron chi connectivity index (χ4n) is 3.72. The zero-order valence-electron chi connectivity index (χ0n) is 14.9. The van der Waals surface area contributed by atoms with Crippen molar-refractivity contribution in [3.8, 4) is 0 Å². The van der Waals surface area contributed by atoms with Crippen LogP contribution in [0.1, 0.15) is 40.0 Å². The number of rotatable bonds is 7. The Hall–Kier alpha value is -0.450. The van der Waals surface area contributed by atoms with Gasteiger partial charge in [0.2, 0.25) is 0 Å². The number of hydrogen-bond donors (Lipinski definition) is 0. The third-order valence-corrected chi connectivity index (χ3v) is 5.11. The molecular weight excluding hydrogens is 274 g/mol. The second-order valence-electron chi connectivity index (χ2n) is 7.61. The fourth-order valence-corrected chi connectivity index (χ4v) is 3.72. The Morgan fingerprint density at radius 3 is 2.09 bits per heavy atom. The molecule has 4 heteroatoms. The van der Waals surface area contributed by atoms with E-state index in [4.69, 9.17) is 0 Å². The van der Waals surface area contributed by atoms with E-state index in [1.807, 2.05) is 6.92 Å². The minimum absolute atomic E-state index is 0.381. The van der Waals surface area contributed by atoms with Crippen LogP contribution < -0.4 is 0 Å². The zero-order chi connectivity index (χ0) is 15.9. The van der Waals surface area contributed by atoms with Crippen LogP contribution in [0.25, 0.3) is 0 Å². The van der Waals surface area contributed by atoms with Crippen molar-refractivity contribution in [1.29, 1.82) is 0 Å². The van der Waals surface area contributed by atoms with Gasteiger partial charge < -0.3 is 9.80 Å². The molecule has 0 unspecified atom stereocenters. The topological polar surface area (TPSA) is 26.8 Å². The van der Waals surface area contributed by atoms with Crippen molar-refractivity contribution >= 4 is 5.78 Å². The molecule has 2 aliphatic heterocycles. The first-order chi connectivity index (χ1) is 10.6. The molecule has 0 aliphatic carbocycles.